The fourth-order valence-corrected chi connectivity index (χ4v) is 2.98. The fourth-order valence-electron chi connectivity index (χ4n) is 1.65. The van der Waals surface area contributed by atoms with Crippen LogP contribution < -0.4 is 5.73 Å². The maximum atomic E-state index is 6.18. The average Bonchev–Trinajstić information content (AvgIpc) is 2.29. The van der Waals surface area contributed by atoms with Crippen LogP contribution in [0.25, 0.3) is 0 Å². The monoisotopic (exact) mass is 354 g/mol. The number of hydrogen-bond donors (Lipinski definition) is 1. The molecule has 1 aromatic carbocycles. The van der Waals surface area contributed by atoms with Crippen LogP contribution >= 0.6 is 31.9 Å². The van der Waals surface area contributed by atoms with Crippen molar-refractivity contribution in [3.63, 3.8) is 0 Å². The zero-order valence-corrected chi connectivity index (χ0v) is 12.3. The summed E-state index contributed by atoms with van der Waals surface area (Å²) in [6.45, 7) is 0. The van der Waals surface area contributed by atoms with Crippen LogP contribution in [-0.2, 0) is 6.42 Å². The Labute approximate surface area is 118 Å². The quantitative estimate of drug-likeness (QED) is 0.908. The van der Waals surface area contributed by atoms with Gasteiger partial charge in [-0.15, -0.1) is 0 Å². The highest BCUT2D eigenvalue weighted by Crippen LogP contribution is 2.24. The van der Waals surface area contributed by atoms with E-state index >= 15 is 0 Å². The van der Waals surface area contributed by atoms with Crippen LogP contribution in [0.2, 0.25) is 0 Å². The fraction of sp³-hybridized carbons (Fsp3) is 0.154. The summed E-state index contributed by atoms with van der Waals surface area (Å²) in [5, 5.41) is 0. The van der Waals surface area contributed by atoms with E-state index in [9.17, 15) is 0 Å². The Hall–Kier alpha value is -0.710. The van der Waals surface area contributed by atoms with Gasteiger partial charge >= 0.3 is 0 Å². The topological polar surface area (TPSA) is 38.9 Å². The number of pyridine rings is 1. The van der Waals surface area contributed by atoms with Gasteiger partial charge < -0.3 is 5.73 Å². The van der Waals surface area contributed by atoms with Gasteiger partial charge in [-0.1, -0.05) is 37.9 Å². The Bertz CT molecular complexity index is 480. The molecular formula is C13H12Br2N2. The van der Waals surface area contributed by atoms with Gasteiger partial charge in [-0.3, -0.25) is 4.98 Å². The molecule has 0 fully saturated rings. The van der Waals surface area contributed by atoms with Gasteiger partial charge in [0.05, 0.1) is 0 Å². The Morgan fingerprint density at radius 1 is 1.12 bits per heavy atom. The van der Waals surface area contributed by atoms with E-state index in [1.54, 1.807) is 6.20 Å². The van der Waals surface area contributed by atoms with E-state index in [1.165, 1.54) is 0 Å². The molecule has 0 bridgehead atoms. The molecule has 0 amide bonds. The molecule has 88 valence electrons. The second-order valence-corrected chi connectivity index (χ2v) is 5.67. The maximum Gasteiger partial charge on any atom is 0.0422 e. The van der Waals surface area contributed by atoms with E-state index in [-0.39, 0.29) is 6.04 Å². The van der Waals surface area contributed by atoms with Crippen LogP contribution in [0.5, 0.6) is 0 Å². The van der Waals surface area contributed by atoms with Crippen molar-refractivity contribution in [2.45, 2.75) is 12.5 Å². The molecule has 0 saturated heterocycles. The number of nitrogens with two attached hydrogens (primary N) is 1. The molecule has 0 saturated carbocycles. The summed E-state index contributed by atoms with van der Waals surface area (Å²) < 4.78 is 2.05. The highest BCUT2D eigenvalue weighted by atomic mass is 79.9. The summed E-state index contributed by atoms with van der Waals surface area (Å²) in [7, 11) is 0. The molecule has 0 spiro atoms. The van der Waals surface area contributed by atoms with Crippen molar-refractivity contribution >= 4 is 31.9 Å². The minimum Gasteiger partial charge on any atom is -0.324 e. The van der Waals surface area contributed by atoms with Gasteiger partial charge in [-0.25, -0.2) is 0 Å². The summed E-state index contributed by atoms with van der Waals surface area (Å²) in [5.41, 5.74) is 8.29. The first-order valence-corrected chi connectivity index (χ1v) is 6.85. The summed E-state index contributed by atoms with van der Waals surface area (Å²) in [6, 6.07) is 11.9. The Morgan fingerprint density at radius 2 is 1.82 bits per heavy atom. The number of aromatic nitrogens is 1. The van der Waals surface area contributed by atoms with Crippen LogP contribution in [0.4, 0.5) is 0 Å². The Morgan fingerprint density at radius 3 is 2.41 bits per heavy atom. The summed E-state index contributed by atoms with van der Waals surface area (Å²) in [5.74, 6) is 0. The number of nitrogens with zero attached hydrogens (tertiary/aromatic N) is 1. The second kappa shape index (κ2) is 5.76. The first-order chi connectivity index (χ1) is 8.15. The summed E-state index contributed by atoms with van der Waals surface area (Å²) >= 11 is 6.93. The normalized spacial score (nSPS) is 12.4. The first kappa shape index (κ1) is 12.7. The lowest BCUT2D eigenvalue weighted by atomic mass is 10.0. The minimum atomic E-state index is -0.0429. The third kappa shape index (κ3) is 3.63. The van der Waals surface area contributed by atoms with Crippen LogP contribution in [0.15, 0.2) is 51.5 Å². The highest BCUT2D eigenvalue weighted by molar-refractivity contribution is 9.11. The van der Waals surface area contributed by atoms with Crippen molar-refractivity contribution in [1.29, 1.82) is 0 Å². The van der Waals surface area contributed by atoms with Gasteiger partial charge in [0.1, 0.15) is 0 Å². The predicted molar refractivity (Wildman–Crippen MR) is 76.7 cm³/mol. The van der Waals surface area contributed by atoms with Crippen molar-refractivity contribution in [2.75, 3.05) is 0 Å². The second-order valence-electron chi connectivity index (χ2n) is 3.83. The van der Waals surface area contributed by atoms with E-state index in [0.717, 1.165) is 26.6 Å². The number of rotatable bonds is 3. The molecule has 4 heteroatoms. The largest absolute Gasteiger partial charge is 0.324 e. The van der Waals surface area contributed by atoms with Gasteiger partial charge in [-0.2, -0.15) is 0 Å². The van der Waals surface area contributed by atoms with Crippen LogP contribution in [0.3, 0.4) is 0 Å². The smallest absolute Gasteiger partial charge is 0.0422 e. The third-order valence-corrected chi connectivity index (χ3v) is 3.38. The average molecular weight is 356 g/mol. The minimum absolute atomic E-state index is 0.0429. The molecule has 1 unspecified atom stereocenters. The highest BCUT2D eigenvalue weighted by Gasteiger charge is 2.09. The number of hydrogen-bond acceptors (Lipinski definition) is 2. The standard InChI is InChI=1S/C13H12Br2N2/c14-10-5-9(6-11(15)7-10)13(16)8-12-3-1-2-4-17-12/h1-7,13H,8,16H2. The van der Waals surface area contributed by atoms with E-state index in [4.69, 9.17) is 5.73 Å². The lowest BCUT2D eigenvalue weighted by Crippen LogP contribution is -2.14. The number of benzene rings is 1. The van der Waals surface area contributed by atoms with Crippen molar-refractivity contribution in [3.8, 4) is 0 Å². The Kier molecular flexibility index (Phi) is 4.31. The van der Waals surface area contributed by atoms with Crippen LogP contribution in [-0.4, -0.2) is 4.98 Å². The SMILES string of the molecule is NC(Cc1ccccn1)c1cc(Br)cc(Br)c1. The van der Waals surface area contributed by atoms with Crippen LogP contribution in [0, 0.1) is 0 Å². The molecule has 0 aliphatic heterocycles. The molecule has 1 aromatic heterocycles. The van der Waals surface area contributed by atoms with Crippen molar-refractivity contribution in [1.82, 2.24) is 4.98 Å². The van der Waals surface area contributed by atoms with Gasteiger partial charge in [0, 0.05) is 33.3 Å². The van der Waals surface area contributed by atoms with E-state index in [1.807, 2.05) is 36.4 Å². The molecule has 2 aromatic rings. The van der Waals surface area contributed by atoms with E-state index in [2.05, 4.69) is 36.8 Å². The molecule has 0 aliphatic carbocycles. The van der Waals surface area contributed by atoms with E-state index < -0.39 is 0 Å². The lowest BCUT2D eigenvalue weighted by molar-refractivity contribution is 0.706. The van der Waals surface area contributed by atoms with Crippen molar-refractivity contribution < 1.29 is 0 Å². The predicted octanol–water partition coefficient (Wildman–Crippen LogP) is 3.85. The molecule has 0 radical (unpaired) electrons. The third-order valence-electron chi connectivity index (χ3n) is 2.47. The molecule has 2 nitrogen and oxygen atoms in total. The number of halogens is 2. The molecule has 17 heavy (non-hydrogen) atoms. The lowest BCUT2D eigenvalue weighted by Gasteiger charge is -2.12. The van der Waals surface area contributed by atoms with E-state index in [0.29, 0.717) is 0 Å². The molecule has 0 aliphatic rings. The van der Waals surface area contributed by atoms with Crippen molar-refractivity contribution in [3.05, 3.63) is 62.8 Å². The van der Waals surface area contributed by atoms with Crippen molar-refractivity contribution in [2.24, 2.45) is 5.73 Å². The zero-order valence-electron chi connectivity index (χ0n) is 9.11. The molecular weight excluding hydrogens is 344 g/mol. The summed E-state index contributed by atoms with van der Waals surface area (Å²) in [6.07, 6.45) is 2.53. The first-order valence-electron chi connectivity index (χ1n) is 5.26. The summed E-state index contributed by atoms with van der Waals surface area (Å²) in [4.78, 5) is 4.29. The van der Waals surface area contributed by atoms with Gasteiger partial charge in [0.25, 0.3) is 0 Å². The molecule has 1 atom stereocenters. The maximum absolute atomic E-state index is 6.18. The zero-order chi connectivity index (χ0) is 12.3. The van der Waals surface area contributed by atoms with Gasteiger partial charge in [0.2, 0.25) is 0 Å². The molecule has 2 rings (SSSR count). The van der Waals surface area contributed by atoms with Gasteiger partial charge in [-0.05, 0) is 35.9 Å². The van der Waals surface area contributed by atoms with Crippen LogP contribution in [0.1, 0.15) is 17.3 Å². The molecule has 1 heterocycles. The Balaban J connectivity index is 2.17. The van der Waals surface area contributed by atoms with Gasteiger partial charge in [0.15, 0.2) is 0 Å². The molecule has 2 N–H and O–H groups in total.